The van der Waals surface area contributed by atoms with Gasteiger partial charge < -0.3 is 20.3 Å². The van der Waals surface area contributed by atoms with Crippen LogP contribution in [0.1, 0.15) is 30.0 Å². The van der Waals surface area contributed by atoms with Gasteiger partial charge in [0.25, 0.3) is 6.47 Å². The number of anilines is 2. The van der Waals surface area contributed by atoms with Crippen LogP contribution in [-0.2, 0) is 14.3 Å². The van der Waals surface area contributed by atoms with Gasteiger partial charge in [0.15, 0.2) is 5.82 Å². The number of aryl methyl sites for hydroxylation is 1. The number of rotatable bonds is 4. The van der Waals surface area contributed by atoms with Crippen LogP contribution >= 0.6 is 11.6 Å². The van der Waals surface area contributed by atoms with Gasteiger partial charge in [0, 0.05) is 31.7 Å². The number of carbonyl (C=O) groups is 2. The summed E-state index contributed by atoms with van der Waals surface area (Å²) in [5.41, 5.74) is 9.15. The molecule has 7 nitrogen and oxygen atoms in total. The van der Waals surface area contributed by atoms with Crippen molar-refractivity contribution in [3.05, 3.63) is 52.7 Å². The van der Waals surface area contributed by atoms with E-state index in [4.69, 9.17) is 22.1 Å². The molecule has 8 heteroatoms. The van der Waals surface area contributed by atoms with Crippen molar-refractivity contribution < 1.29 is 14.3 Å². The Labute approximate surface area is 181 Å². The Bertz CT molecular complexity index is 886. The molecule has 1 aliphatic heterocycles. The molecule has 2 N–H and O–H groups in total. The maximum absolute atomic E-state index is 12.6. The highest BCUT2D eigenvalue weighted by Crippen LogP contribution is 2.36. The summed E-state index contributed by atoms with van der Waals surface area (Å²) in [7, 11) is 1.31. The van der Waals surface area contributed by atoms with Gasteiger partial charge in [-0.15, -0.1) is 0 Å². The average Bonchev–Trinajstić information content (AvgIpc) is 3.59. The van der Waals surface area contributed by atoms with E-state index in [2.05, 4.69) is 45.8 Å². The first kappa shape index (κ1) is 21.9. The summed E-state index contributed by atoms with van der Waals surface area (Å²) in [6.45, 7) is 4.50. The fraction of sp³-hybridized carbons (Fsp3) is 0.409. The molecule has 30 heavy (non-hydrogen) atoms. The molecule has 2 heterocycles. The fourth-order valence-corrected chi connectivity index (χ4v) is 3.75. The van der Waals surface area contributed by atoms with Gasteiger partial charge >= 0.3 is 0 Å². The summed E-state index contributed by atoms with van der Waals surface area (Å²) in [4.78, 5) is 30.2. The van der Waals surface area contributed by atoms with Crippen molar-refractivity contribution in [3.63, 3.8) is 0 Å². The molecule has 1 unspecified atom stereocenters. The van der Waals surface area contributed by atoms with Gasteiger partial charge in [0.05, 0.1) is 23.9 Å². The molecular formula is C22H27ClN4O3. The van der Waals surface area contributed by atoms with Gasteiger partial charge in [-0.25, -0.2) is 4.98 Å². The lowest BCUT2D eigenvalue weighted by atomic mass is 10.0. The van der Waals surface area contributed by atoms with Crippen molar-refractivity contribution >= 4 is 35.5 Å². The Hall–Kier alpha value is -2.80. The number of pyridine rings is 1. The number of nitrogen functional groups attached to an aromatic ring is 1. The number of halogens is 1. The molecule has 1 aromatic heterocycles. The molecule has 1 atom stereocenters. The molecule has 1 saturated heterocycles. The smallest absolute Gasteiger partial charge is 0.292 e. The minimum atomic E-state index is 0.0306. The van der Waals surface area contributed by atoms with Crippen molar-refractivity contribution in [2.75, 3.05) is 37.4 Å². The van der Waals surface area contributed by atoms with Gasteiger partial charge in [-0.05, 0) is 31.4 Å². The summed E-state index contributed by atoms with van der Waals surface area (Å²) >= 11 is 6.02. The predicted octanol–water partition coefficient (Wildman–Crippen LogP) is 3.21. The molecule has 2 aliphatic rings. The third kappa shape index (κ3) is 5.21. The quantitative estimate of drug-likeness (QED) is 0.749. The molecule has 1 saturated carbocycles. The number of carbonyl (C=O) groups excluding carboxylic acids is 2. The third-order valence-electron chi connectivity index (χ3n) is 5.31. The number of nitrogens with zero attached hydrogens (tertiary/aromatic N) is 3. The van der Waals surface area contributed by atoms with Crippen LogP contribution in [-0.4, -0.2) is 49.0 Å². The minimum absolute atomic E-state index is 0.0306. The number of hydrogen-bond donors (Lipinski definition) is 1. The summed E-state index contributed by atoms with van der Waals surface area (Å²) in [5, 5.41) is 0.528. The lowest BCUT2D eigenvalue weighted by Crippen LogP contribution is -2.51. The Balaban J connectivity index is 0.000000589. The normalized spacial score (nSPS) is 18.3. The Morgan fingerprint density at radius 3 is 2.50 bits per heavy atom. The van der Waals surface area contributed by atoms with E-state index in [0.29, 0.717) is 42.7 Å². The molecule has 1 aliphatic carbocycles. The zero-order valence-electron chi connectivity index (χ0n) is 17.3. The topological polar surface area (TPSA) is 88.8 Å². The zero-order chi connectivity index (χ0) is 21.7. The maximum atomic E-state index is 12.6. The molecule has 2 fully saturated rings. The van der Waals surface area contributed by atoms with E-state index in [-0.39, 0.29) is 12.0 Å². The van der Waals surface area contributed by atoms with E-state index >= 15 is 0 Å². The summed E-state index contributed by atoms with van der Waals surface area (Å²) in [6.07, 6.45) is 3.68. The molecule has 1 aromatic carbocycles. The van der Waals surface area contributed by atoms with Gasteiger partial charge in [0.2, 0.25) is 5.91 Å². The summed E-state index contributed by atoms with van der Waals surface area (Å²) in [6, 6.07) is 10.2. The first-order valence-corrected chi connectivity index (χ1v) is 10.3. The number of ether oxygens (including phenoxy) is 1. The molecule has 1 amide bonds. The van der Waals surface area contributed by atoms with E-state index in [1.807, 2.05) is 4.90 Å². The first-order valence-electron chi connectivity index (χ1n) is 9.94. The Morgan fingerprint density at radius 1 is 1.27 bits per heavy atom. The monoisotopic (exact) mass is 430 g/mol. The molecule has 4 rings (SSSR count). The SMILES string of the molecule is COC=O.Cc1ccc(C2CN(C(=O)C3CC3)CCN2c2ncc(Cl)cc2N)cc1. The molecule has 2 aromatic rings. The van der Waals surface area contributed by atoms with E-state index in [9.17, 15) is 4.79 Å². The lowest BCUT2D eigenvalue weighted by molar-refractivity contribution is -0.133. The molecule has 0 spiro atoms. The van der Waals surface area contributed by atoms with Crippen LogP contribution in [0.5, 0.6) is 0 Å². The number of amides is 1. The van der Waals surface area contributed by atoms with Crippen molar-refractivity contribution in [3.8, 4) is 0 Å². The average molecular weight is 431 g/mol. The number of aromatic nitrogens is 1. The molecule has 0 bridgehead atoms. The second-order valence-corrected chi connectivity index (χ2v) is 8.01. The van der Waals surface area contributed by atoms with Crippen LogP contribution in [0.25, 0.3) is 0 Å². The Morgan fingerprint density at radius 2 is 1.93 bits per heavy atom. The van der Waals surface area contributed by atoms with Crippen molar-refractivity contribution in [2.45, 2.75) is 25.8 Å². The van der Waals surface area contributed by atoms with Crippen LogP contribution < -0.4 is 10.6 Å². The maximum Gasteiger partial charge on any atom is 0.292 e. The van der Waals surface area contributed by atoms with Crippen LogP contribution in [0, 0.1) is 12.8 Å². The number of piperazine rings is 1. The number of methoxy groups -OCH3 is 1. The van der Waals surface area contributed by atoms with Crippen LogP contribution in [0.3, 0.4) is 0 Å². The second-order valence-electron chi connectivity index (χ2n) is 7.58. The molecule has 160 valence electrons. The third-order valence-corrected chi connectivity index (χ3v) is 5.52. The van der Waals surface area contributed by atoms with E-state index < -0.39 is 0 Å². The van der Waals surface area contributed by atoms with Gasteiger partial charge in [-0.3, -0.25) is 9.59 Å². The lowest BCUT2D eigenvalue weighted by Gasteiger charge is -2.43. The zero-order valence-corrected chi connectivity index (χ0v) is 18.0. The highest BCUT2D eigenvalue weighted by Gasteiger charge is 2.38. The standard InChI is InChI=1S/C20H23ClN4O.C2H4O2/c1-13-2-4-14(5-3-13)18-12-24(20(26)15-6-7-15)8-9-25(18)19-17(22)10-16(21)11-23-19;1-4-2-3/h2-5,10-11,15,18H,6-9,12,22H2,1H3;2H,1H3. The fourth-order valence-electron chi connectivity index (χ4n) is 3.59. The van der Waals surface area contributed by atoms with Crippen LogP contribution in [0.15, 0.2) is 36.5 Å². The van der Waals surface area contributed by atoms with Crippen molar-refractivity contribution in [2.24, 2.45) is 5.92 Å². The van der Waals surface area contributed by atoms with Crippen molar-refractivity contribution in [1.29, 1.82) is 0 Å². The minimum Gasteiger partial charge on any atom is -0.471 e. The molecular weight excluding hydrogens is 404 g/mol. The summed E-state index contributed by atoms with van der Waals surface area (Å²) < 4.78 is 3.86. The second kappa shape index (κ2) is 9.80. The van der Waals surface area contributed by atoms with E-state index in [1.165, 1.54) is 18.2 Å². The first-order chi connectivity index (χ1) is 14.4. The van der Waals surface area contributed by atoms with E-state index in [0.717, 1.165) is 18.7 Å². The van der Waals surface area contributed by atoms with Crippen LogP contribution in [0.2, 0.25) is 5.02 Å². The summed E-state index contributed by atoms with van der Waals surface area (Å²) in [5.74, 6) is 1.26. The van der Waals surface area contributed by atoms with Gasteiger partial charge in [-0.1, -0.05) is 41.4 Å². The van der Waals surface area contributed by atoms with Gasteiger partial charge in [0.1, 0.15) is 0 Å². The number of nitrogens with two attached hydrogens (primary N) is 1. The Kier molecular flexibility index (Phi) is 7.15. The van der Waals surface area contributed by atoms with E-state index in [1.54, 1.807) is 12.3 Å². The van der Waals surface area contributed by atoms with Gasteiger partial charge in [-0.2, -0.15) is 0 Å². The predicted molar refractivity (Wildman–Crippen MR) is 117 cm³/mol. The number of hydrogen-bond acceptors (Lipinski definition) is 6. The van der Waals surface area contributed by atoms with Crippen LogP contribution in [0.4, 0.5) is 11.5 Å². The van der Waals surface area contributed by atoms with Crippen molar-refractivity contribution in [1.82, 2.24) is 9.88 Å². The number of benzene rings is 1. The highest BCUT2D eigenvalue weighted by atomic mass is 35.5. The largest absolute Gasteiger partial charge is 0.471 e. The highest BCUT2D eigenvalue weighted by molar-refractivity contribution is 6.30. The molecule has 0 radical (unpaired) electrons.